The van der Waals surface area contributed by atoms with Crippen LogP contribution in [-0.2, 0) is 9.53 Å². The van der Waals surface area contributed by atoms with Crippen molar-refractivity contribution in [3.63, 3.8) is 0 Å². The molecule has 1 amide bonds. The van der Waals surface area contributed by atoms with Crippen LogP contribution in [0, 0.1) is 5.41 Å². The highest BCUT2D eigenvalue weighted by Crippen LogP contribution is 2.41. The van der Waals surface area contributed by atoms with Gasteiger partial charge in [0.05, 0.1) is 6.10 Å². The Morgan fingerprint density at radius 3 is 2.72 bits per heavy atom. The van der Waals surface area contributed by atoms with Crippen LogP contribution in [0.25, 0.3) is 0 Å². The zero-order chi connectivity index (χ0) is 13.0. The molecular weight excluding hydrogens is 234 g/mol. The van der Waals surface area contributed by atoms with Crippen LogP contribution in [0.3, 0.4) is 0 Å². The van der Waals surface area contributed by atoms with E-state index in [1.54, 1.807) is 0 Å². The number of amides is 1. The maximum absolute atomic E-state index is 12.2. The summed E-state index contributed by atoms with van der Waals surface area (Å²) < 4.78 is 5.55. The highest BCUT2D eigenvalue weighted by molar-refractivity contribution is 6.07. The molecule has 1 heterocycles. The topological polar surface area (TPSA) is 96.9 Å². The molecule has 2 fully saturated rings. The SMILES string of the molecule is NC(=NO)C1(C(=O)NCC2CCCCO2)CCC1. The molecule has 18 heavy (non-hydrogen) atoms. The number of carbonyl (C=O) groups is 1. The lowest BCUT2D eigenvalue weighted by Gasteiger charge is -2.39. The van der Waals surface area contributed by atoms with Gasteiger partial charge in [-0.3, -0.25) is 4.79 Å². The van der Waals surface area contributed by atoms with Crippen molar-refractivity contribution < 1.29 is 14.7 Å². The van der Waals surface area contributed by atoms with Gasteiger partial charge in [0, 0.05) is 13.2 Å². The third-order valence-corrected chi connectivity index (χ3v) is 4.00. The van der Waals surface area contributed by atoms with E-state index < -0.39 is 5.41 Å². The van der Waals surface area contributed by atoms with Crippen molar-refractivity contribution >= 4 is 11.7 Å². The Balaban J connectivity index is 1.86. The van der Waals surface area contributed by atoms with E-state index in [0.29, 0.717) is 19.4 Å². The van der Waals surface area contributed by atoms with Gasteiger partial charge in [0.15, 0.2) is 5.84 Å². The fourth-order valence-corrected chi connectivity index (χ4v) is 2.57. The smallest absolute Gasteiger partial charge is 0.234 e. The molecule has 4 N–H and O–H groups in total. The van der Waals surface area contributed by atoms with Gasteiger partial charge >= 0.3 is 0 Å². The Morgan fingerprint density at radius 1 is 1.44 bits per heavy atom. The van der Waals surface area contributed by atoms with Crippen molar-refractivity contribution in [3.8, 4) is 0 Å². The predicted molar refractivity (Wildman–Crippen MR) is 66.3 cm³/mol. The van der Waals surface area contributed by atoms with Crippen LogP contribution in [0.4, 0.5) is 0 Å². The second kappa shape index (κ2) is 5.56. The first kappa shape index (κ1) is 13.1. The normalized spacial score (nSPS) is 27.3. The lowest BCUT2D eigenvalue weighted by atomic mass is 9.67. The molecule has 1 aliphatic heterocycles. The zero-order valence-corrected chi connectivity index (χ0v) is 10.5. The highest BCUT2D eigenvalue weighted by Gasteiger charge is 2.48. The number of oxime groups is 1. The summed E-state index contributed by atoms with van der Waals surface area (Å²) in [5.74, 6) is -0.117. The molecule has 0 bridgehead atoms. The number of hydrogen-bond donors (Lipinski definition) is 3. The van der Waals surface area contributed by atoms with Gasteiger partial charge in [-0.15, -0.1) is 0 Å². The average Bonchev–Trinajstić information content (AvgIpc) is 2.36. The predicted octanol–water partition coefficient (Wildman–Crippen LogP) is 0.588. The minimum atomic E-state index is -0.788. The highest BCUT2D eigenvalue weighted by atomic mass is 16.5. The van der Waals surface area contributed by atoms with Gasteiger partial charge in [-0.05, 0) is 32.1 Å². The Morgan fingerprint density at radius 2 is 2.22 bits per heavy atom. The summed E-state index contributed by atoms with van der Waals surface area (Å²) in [7, 11) is 0. The molecule has 0 spiro atoms. The summed E-state index contributed by atoms with van der Waals surface area (Å²) in [5, 5.41) is 14.6. The molecule has 6 heteroatoms. The van der Waals surface area contributed by atoms with Gasteiger partial charge in [0.25, 0.3) is 0 Å². The molecule has 1 saturated heterocycles. The largest absolute Gasteiger partial charge is 0.409 e. The number of nitrogens with one attached hydrogen (secondary N) is 1. The number of nitrogens with two attached hydrogens (primary N) is 1. The quantitative estimate of drug-likeness (QED) is 0.296. The fraction of sp³-hybridized carbons (Fsp3) is 0.833. The van der Waals surface area contributed by atoms with E-state index in [9.17, 15) is 4.79 Å². The van der Waals surface area contributed by atoms with E-state index in [0.717, 1.165) is 32.3 Å². The summed E-state index contributed by atoms with van der Waals surface area (Å²) in [6, 6.07) is 0. The second-order valence-corrected chi connectivity index (χ2v) is 5.12. The summed E-state index contributed by atoms with van der Waals surface area (Å²) >= 11 is 0. The van der Waals surface area contributed by atoms with Gasteiger partial charge in [0.2, 0.25) is 5.91 Å². The summed E-state index contributed by atoms with van der Waals surface area (Å²) in [5.41, 5.74) is 4.84. The van der Waals surface area contributed by atoms with Crippen molar-refractivity contribution in [2.45, 2.75) is 44.6 Å². The molecule has 1 atom stereocenters. The van der Waals surface area contributed by atoms with Crippen molar-refractivity contribution in [2.75, 3.05) is 13.2 Å². The van der Waals surface area contributed by atoms with Crippen LogP contribution in [0.2, 0.25) is 0 Å². The molecule has 1 saturated carbocycles. The zero-order valence-electron chi connectivity index (χ0n) is 10.5. The Hall–Kier alpha value is -1.30. The fourth-order valence-electron chi connectivity index (χ4n) is 2.57. The van der Waals surface area contributed by atoms with Crippen LogP contribution in [0.1, 0.15) is 38.5 Å². The van der Waals surface area contributed by atoms with Crippen molar-refractivity contribution in [2.24, 2.45) is 16.3 Å². The third kappa shape index (κ3) is 2.43. The molecule has 1 aliphatic carbocycles. The number of amidine groups is 1. The Bertz CT molecular complexity index is 333. The number of carbonyl (C=O) groups excluding carboxylic acids is 1. The molecular formula is C12H21N3O3. The average molecular weight is 255 g/mol. The minimum Gasteiger partial charge on any atom is -0.409 e. The molecule has 0 radical (unpaired) electrons. The first-order valence-corrected chi connectivity index (χ1v) is 6.57. The van der Waals surface area contributed by atoms with E-state index in [2.05, 4.69) is 10.5 Å². The van der Waals surface area contributed by atoms with Crippen LogP contribution in [0.5, 0.6) is 0 Å². The summed E-state index contributed by atoms with van der Waals surface area (Å²) in [6.07, 6.45) is 5.57. The Kier molecular flexibility index (Phi) is 4.06. The van der Waals surface area contributed by atoms with E-state index in [1.807, 2.05) is 0 Å². The van der Waals surface area contributed by atoms with Crippen LogP contribution >= 0.6 is 0 Å². The van der Waals surface area contributed by atoms with Crippen molar-refractivity contribution in [1.29, 1.82) is 0 Å². The maximum atomic E-state index is 12.2. The van der Waals surface area contributed by atoms with Crippen LogP contribution in [-0.4, -0.2) is 36.2 Å². The maximum Gasteiger partial charge on any atom is 0.234 e. The van der Waals surface area contributed by atoms with Crippen LogP contribution in [0.15, 0.2) is 5.16 Å². The number of ether oxygens (including phenoxy) is 1. The molecule has 2 rings (SSSR count). The van der Waals surface area contributed by atoms with Gasteiger partial charge in [-0.2, -0.15) is 0 Å². The van der Waals surface area contributed by atoms with E-state index in [4.69, 9.17) is 15.7 Å². The van der Waals surface area contributed by atoms with Gasteiger partial charge in [-0.1, -0.05) is 11.6 Å². The standard InChI is InChI=1S/C12H21N3O3/c13-10(15-17)12(5-3-6-12)11(16)14-8-9-4-1-2-7-18-9/h9,17H,1-8H2,(H2,13,15)(H,14,16). The first-order valence-electron chi connectivity index (χ1n) is 6.57. The number of nitrogens with zero attached hydrogens (tertiary/aromatic N) is 1. The minimum absolute atomic E-state index is 0.0239. The molecule has 0 aromatic heterocycles. The monoisotopic (exact) mass is 255 g/mol. The Labute approximate surface area is 107 Å². The molecule has 0 aromatic rings. The van der Waals surface area contributed by atoms with E-state index in [-0.39, 0.29) is 17.8 Å². The molecule has 6 nitrogen and oxygen atoms in total. The van der Waals surface area contributed by atoms with Gasteiger partial charge in [0.1, 0.15) is 5.41 Å². The molecule has 102 valence electrons. The summed E-state index contributed by atoms with van der Waals surface area (Å²) in [6.45, 7) is 1.28. The van der Waals surface area contributed by atoms with Gasteiger partial charge < -0.3 is 21.0 Å². The summed E-state index contributed by atoms with van der Waals surface area (Å²) in [4.78, 5) is 12.2. The number of hydrogen-bond acceptors (Lipinski definition) is 4. The lowest BCUT2D eigenvalue weighted by molar-refractivity contribution is -0.132. The van der Waals surface area contributed by atoms with Crippen molar-refractivity contribution in [3.05, 3.63) is 0 Å². The van der Waals surface area contributed by atoms with Crippen LogP contribution < -0.4 is 11.1 Å². The number of rotatable bonds is 4. The van der Waals surface area contributed by atoms with E-state index >= 15 is 0 Å². The second-order valence-electron chi connectivity index (χ2n) is 5.12. The van der Waals surface area contributed by atoms with Gasteiger partial charge in [-0.25, -0.2) is 0 Å². The van der Waals surface area contributed by atoms with E-state index in [1.165, 1.54) is 0 Å². The molecule has 2 aliphatic rings. The third-order valence-electron chi connectivity index (χ3n) is 4.00. The van der Waals surface area contributed by atoms with Crippen molar-refractivity contribution in [1.82, 2.24) is 5.32 Å². The molecule has 0 aromatic carbocycles. The lowest BCUT2D eigenvalue weighted by Crippen LogP contribution is -2.55. The molecule has 1 unspecified atom stereocenters. The first-order chi connectivity index (χ1) is 8.69.